The van der Waals surface area contributed by atoms with Gasteiger partial charge in [-0.3, -0.25) is 0 Å². The first-order valence-electron chi connectivity index (χ1n) is 2.45. The van der Waals surface area contributed by atoms with Crippen molar-refractivity contribution in [1.82, 2.24) is 9.55 Å². The molecule has 0 aromatic carbocycles. The molecule has 10 heavy (non-hydrogen) atoms. The fraction of sp³-hybridized carbons (Fsp3) is 0.250. The molecule has 0 saturated carbocycles. The average molecular weight is 161 g/mol. The SMILES string of the molecule is Cn1ccnc1OS(=O)[O-]. The molecule has 1 rings (SSSR count). The quantitative estimate of drug-likeness (QED) is 0.553. The maximum atomic E-state index is 9.94. The van der Waals surface area contributed by atoms with E-state index in [-0.39, 0.29) is 6.01 Å². The standard InChI is InChI=1S/C4H6N2O3S/c1-6-3-2-5-4(6)9-10(7)8/h2-3H,1H3,(H,7,8)/p-1. The molecule has 0 aliphatic heterocycles. The third-order valence-electron chi connectivity index (χ3n) is 0.920. The minimum absolute atomic E-state index is 0.0633. The largest absolute Gasteiger partial charge is 0.740 e. The van der Waals surface area contributed by atoms with Crippen molar-refractivity contribution in [2.24, 2.45) is 7.05 Å². The zero-order chi connectivity index (χ0) is 7.56. The maximum Gasteiger partial charge on any atom is 0.309 e. The molecule has 56 valence electrons. The predicted molar refractivity (Wildman–Crippen MR) is 32.8 cm³/mol. The number of hydrogen-bond acceptors (Lipinski definition) is 4. The molecule has 1 unspecified atom stereocenters. The van der Waals surface area contributed by atoms with Gasteiger partial charge in [0.05, 0.1) is 0 Å². The van der Waals surface area contributed by atoms with Crippen LogP contribution in [0.4, 0.5) is 0 Å². The molecule has 5 nitrogen and oxygen atoms in total. The minimum atomic E-state index is -2.54. The van der Waals surface area contributed by atoms with Gasteiger partial charge in [0.1, 0.15) is 11.4 Å². The fourth-order valence-electron chi connectivity index (χ4n) is 0.493. The second-order valence-corrected chi connectivity index (χ2v) is 2.18. The van der Waals surface area contributed by atoms with E-state index in [4.69, 9.17) is 0 Å². The van der Waals surface area contributed by atoms with Crippen molar-refractivity contribution in [3.8, 4) is 6.01 Å². The van der Waals surface area contributed by atoms with Crippen LogP contribution < -0.4 is 4.18 Å². The lowest BCUT2D eigenvalue weighted by Crippen LogP contribution is -2.02. The first kappa shape index (κ1) is 7.23. The van der Waals surface area contributed by atoms with Gasteiger partial charge in [0.25, 0.3) is 0 Å². The molecule has 1 aromatic heterocycles. The highest BCUT2D eigenvalue weighted by molar-refractivity contribution is 7.74. The zero-order valence-corrected chi connectivity index (χ0v) is 6.00. The Morgan fingerprint density at radius 2 is 2.60 bits per heavy atom. The van der Waals surface area contributed by atoms with Crippen molar-refractivity contribution >= 4 is 11.4 Å². The molecule has 0 aliphatic rings. The Morgan fingerprint density at radius 3 is 3.00 bits per heavy atom. The first-order valence-corrected chi connectivity index (χ1v) is 3.45. The summed E-state index contributed by atoms with van der Waals surface area (Å²) in [6.45, 7) is 0. The van der Waals surface area contributed by atoms with Crippen molar-refractivity contribution in [3.63, 3.8) is 0 Å². The van der Waals surface area contributed by atoms with Gasteiger partial charge in [-0.1, -0.05) is 0 Å². The van der Waals surface area contributed by atoms with Crippen molar-refractivity contribution in [3.05, 3.63) is 12.4 Å². The van der Waals surface area contributed by atoms with Gasteiger partial charge >= 0.3 is 6.01 Å². The van der Waals surface area contributed by atoms with Crippen molar-refractivity contribution in [2.75, 3.05) is 0 Å². The zero-order valence-electron chi connectivity index (χ0n) is 5.18. The summed E-state index contributed by atoms with van der Waals surface area (Å²) in [5, 5.41) is 0. The summed E-state index contributed by atoms with van der Waals surface area (Å²) in [5.41, 5.74) is 0. The molecule has 0 saturated heterocycles. The second kappa shape index (κ2) is 2.80. The number of imidazole rings is 1. The van der Waals surface area contributed by atoms with Crippen LogP contribution >= 0.6 is 0 Å². The van der Waals surface area contributed by atoms with Crippen LogP contribution in [-0.4, -0.2) is 18.3 Å². The van der Waals surface area contributed by atoms with E-state index < -0.39 is 11.4 Å². The smallest absolute Gasteiger partial charge is 0.309 e. The van der Waals surface area contributed by atoms with E-state index in [2.05, 4.69) is 9.17 Å². The molecule has 6 heteroatoms. The molecule has 0 spiro atoms. The Labute approximate surface area is 60.1 Å². The lowest BCUT2D eigenvalue weighted by atomic mass is 10.9. The minimum Gasteiger partial charge on any atom is -0.740 e. The van der Waals surface area contributed by atoms with Crippen molar-refractivity contribution in [1.29, 1.82) is 0 Å². The average Bonchev–Trinajstić information content (AvgIpc) is 2.15. The summed E-state index contributed by atoms with van der Waals surface area (Å²) >= 11 is -2.54. The van der Waals surface area contributed by atoms with Crippen LogP contribution in [0, 0.1) is 0 Å². The Balaban J connectivity index is 2.74. The molecule has 1 aromatic rings. The van der Waals surface area contributed by atoms with Gasteiger partial charge in [0.15, 0.2) is 0 Å². The summed E-state index contributed by atoms with van der Waals surface area (Å²) in [5.74, 6) is 0. The normalized spacial score (nSPS) is 13.0. The number of aryl methyl sites for hydroxylation is 1. The number of rotatable bonds is 2. The molecule has 0 aliphatic carbocycles. The van der Waals surface area contributed by atoms with E-state index in [0.29, 0.717) is 0 Å². The summed E-state index contributed by atoms with van der Waals surface area (Å²) in [6, 6.07) is 0.0633. The highest BCUT2D eigenvalue weighted by Crippen LogP contribution is 2.04. The summed E-state index contributed by atoms with van der Waals surface area (Å²) in [4.78, 5) is 3.60. The van der Waals surface area contributed by atoms with E-state index in [1.165, 1.54) is 10.8 Å². The monoisotopic (exact) mass is 161 g/mol. The highest BCUT2D eigenvalue weighted by atomic mass is 32.2. The molecular formula is C4H5N2O3S-. The van der Waals surface area contributed by atoms with E-state index >= 15 is 0 Å². The summed E-state index contributed by atoms with van der Waals surface area (Å²) < 4.78 is 25.6. The predicted octanol–water partition coefficient (Wildman–Crippen LogP) is -0.407. The van der Waals surface area contributed by atoms with Crippen LogP contribution in [0.3, 0.4) is 0 Å². The van der Waals surface area contributed by atoms with Crippen LogP contribution in [0.15, 0.2) is 12.4 Å². The highest BCUT2D eigenvalue weighted by Gasteiger charge is 1.97. The summed E-state index contributed by atoms with van der Waals surface area (Å²) in [7, 11) is 1.63. The topological polar surface area (TPSA) is 67.2 Å². The van der Waals surface area contributed by atoms with Crippen molar-refractivity contribution < 1.29 is 12.9 Å². The van der Waals surface area contributed by atoms with E-state index in [1.807, 2.05) is 0 Å². The lowest BCUT2D eigenvalue weighted by Gasteiger charge is -2.04. The van der Waals surface area contributed by atoms with E-state index in [9.17, 15) is 8.76 Å². The van der Waals surface area contributed by atoms with Crippen LogP contribution in [0.1, 0.15) is 0 Å². The van der Waals surface area contributed by atoms with Crippen LogP contribution in [0.2, 0.25) is 0 Å². The third-order valence-corrected chi connectivity index (χ3v) is 1.20. The van der Waals surface area contributed by atoms with Crippen LogP contribution in [-0.2, 0) is 18.4 Å². The molecule has 1 atom stereocenters. The van der Waals surface area contributed by atoms with Gasteiger partial charge < -0.3 is 13.3 Å². The van der Waals surface area contributed by atoms with Crippen molar-refractivity contribution in [2.45, 2.75) is 0 Å². The Morgan fingerprint density at radius 1 is 1.90 bits per heavy atom. The van der Waals surface area contributed by atoms with Gasteiger partial charge in [0, 0.05) is 19.4 Å². The first-order chi connectivity index (χ1) is 4.70. The molecule has 0 radical (unpaired) electrons. The third kappa shape index (κ3) is 1.55. The Hall–Kier alpha value is -0.880. The molecule has 0 N–H and O–H groups in total. The number of aromatic nitrogens is 2. The molecule has 0 fully saturated rings. The Bertz CT molecular complexity index is 246. The van der Waals surface area contributed by atoms with Crippen LogP contribution in [0.5, 0.6) is 6.01 Å². The molecule has 0 amide bonds. The van der Waals surface area contributed by atoms with Crippen LogP contribution in [0.25, 0.3) is 0 Å². The van der Waals surface area contributed by atoms with Gasteiger partial charge in [-0.05, 0) is 0 Å². The number of nitrogens with zero attached hydrogens (tertiary/aromatic N) is 2. The van der Waals surface area contributed by atoms with E-state index in [0.717, 1.165) is 0 Å². The lowest BCUT2D eigenvalue weighted by molar-refractivity contribution is 0.416. The fourth-order valence-corrected chi connectivity index (χ4v) is 0.775. The van der Waals surface area contributed by atoms with Gasteiger partial charge in [-0.15, -0.1) is 0 Å². The second-order valence-electron chi connectivity index (χ2n) is 1.61. The number of hydrogen-bond donors (Lipinski definition) is 0. The van der Waals surface area contributed by atoms with Gasteiger partial charge in [0.2, 0.25) is 0 Å². The van der Waals surface area contributed by atoms with E-state index in [1.54, 1.807) is 13.2 Å². The van der Waals surface area contributed by atoms with Gasteiger partial charge in [-0.2, -0.15) is 0 Å². The van der Waals surface area contributed by atoms with Gasteiger partial charge in [-0.25, -0.2) is 9.19 Å². The maximum absolute atomic E-state index is 9.94. The summed E-state index contributed by atoms with van der Waals surface area (Å²) in [6.07, 6.45) is 3.03. The molecule has 0 bridgehead atoms. The molecular weight excluding hydrogens is 156 g/mol. The molecule has 1 heterocycles. The Kier molecular flexibility index (Phi) is 2.03.